The first-order chi connectivity index (χ1) is 10.6. The highest BCUT2D eigenvalue weighted by Gasteiger charge is 2.42. The van der Waals surface area contributed by atoms with Crippen LogP contribution in [0, 0.1) is 0 Å². The van der Waals surface area contributed by atoms with E-state index in [9.17, 15) is 9.18 Å². The quantitative estimate of drug-likeness (QED) is 0.773. The van der Waals surface area contributed by atoms with Crippen molar-refractivity contribution in [3.63, 3.8) is 0 Å². The number of likely N-dealkylation sites (tertiary alicyclic amines) is 1. The Balaban J connectivity index is 2.29. The molecule has 4 atom stereocenters. The molecule has 0 spiro atoms. The predicted octanol–water partition coefficient (Wildman–Crippen LogP) is 3.89. The second-order valence-corrected chi connectivity index (χ2v) is 5.93. The van der Waals surface area contributed by atoms with E-state index >= 15 is 0 Å². The number of alkyl halides is 1. The monoisotopic (exact) mass is 307 g/mol. The van der Waals surface area contributed by atoms with Crippen LogP contribution < -0.4 is 0 Å². The average molecular weight is 307 g/mol. The number of hydrogen-bond donors (Lipinski definition) is 0. The second kappa shape index (κ2) is 7.73. The van der Waals surface area contributed by atoms with Crippen molar-refractivity contribution in [3.05, 3.63) is 35.9 Å². The molecule has 0 aliphatic carbocycles. The van der Waals surface area contributed by atoms with Crippen molar-refractivity contribution in [3.8, 4) is 0 Å². The summed E-state index contributed by atoms with van der Waals surface area (Å²) in [5.74, 6) is -0.300. The Labute approximate surface area is 132 Å². The Hall–Kier alpha value is -1.42. The average Bonchev–Trinajstić information content (AvgIpc) is 2.54. The molecule has 0 N–H and O–H groups in total. The summed E-state index contributed by atoms with van der Waals surface area (Å²) in [5.41, 5.74) is 1.15. The van der Waals surface area contributed by atoms with E-state index in [2.05, 4.69) is 30.9 Å². The smallest absolute Gasteiger partial charge is 0.323 e. The molecule has 1 aromatic rings. The first-order valence-electron chi connectivity index (χ1n) is 8.21. The zero-order valence-electron chi connectivity index (χ0n) is 13.7. The van der Waals surface area contributed by atoms with Crippen molar-refractivity contribution in [1.82, 2.24) is 4.90 Å². The van der Waals surface area contributed by atoms with Gasteiger partial charge < -0.3 is 4.74 Å². The topological polar surface area (TPSA) is 29.5 Å². The maximum atomic E-state index is 14.1. The molecular weight excluding hydrogens is 281 g/mol. The lowest BCUT2D eigenvalue weighted by atomic mass is 9.89. The van der Waals surface area contributed by atoms with Crippen molar-refractivity contribution in [2.45, 2.75) is 64.3 Å². The Morgan fingerprint density at radius 1 is 1.32 bits per heavy atom. The van der Waals surface area contributed by atoms with Gasteiger partial charge in [0.05, 0.1) is 6.61 Å². The van der Waals surface area contributed by atoms with Crippen molar-refractivity contribution in [1.29, 1.82) is 0 Å². The van der Waals surface area contributed by atoms with Gasteiger partial charge in [0.1, 0.15) is 12.2 Å². The molecule has 1 fully saturated rings. The van der Waals surface area contributed by atoms with Crippen LogP contribution in [0.1, 0.15) is 51.6 Å². The summed E-state index contributed by atoms with van der Waals surface area (Å²) in [4.78, 5) is 14.5. The zero-order chi connectivity index (χ0) is 16.1. The number of carbonyl (C=O) groups excluding carboxylic acids is 1. The number of halogens is 1. The molecule has 0 bridgehead atoms. The van der Waals surface area contributed by atoms with Gasteiger partial charge in [-0.15, -0.1) is 0 Å². The van der Waals surface area contributed by atoms with Gasteiger partial charge in [-0.1, -0.05) is 37.3 Å². The van der Waals surface area contributed by atoms with E-state index in [1.807, 2.05) is 18.2 Å². The van der Waals surface area contributed by atoms with Crippen molar-refractivity contribution >= 4 is 5.97 Å². The second-order valence-electron chi connectivity index (χ2n) is 5.93. The summed E-state index contributed by atoms with van der Waals surface area (Å²) in [6, 6.07) is 9.71. The number of piperidine rings is 1. The lowest BCUT2D eigenvalue weighted by Crippen LogP contribution is -2.54. The van der Waals surface area contributed by atoms with Crippen LogP contribution in [0.25, 0.3) is 0 Å². The standard InChI is InChI=1S/C18H26FNO2/c1-4-16-11-15(19)12-17(18(21)22-5-2)20(16)13(3)14-9-7-6-8-10-14/h6-10,13,15-17H,4-5,11-12H2,1-3H3/t13-,15+,16?,17+/m0/s1. The SMILES string of the molecule is CCOC(=O)[C@H]1C[C@H](F)CC(CC)N1[C@@H](C)c1ccccc1. The largest absolute Gasteiger partial charge is 0.465 e. The van der Waals surface area contributed by atoms with E-state index < -0.39 is 12.2 Å². The van der Waals surface area contributed by atoms with Gasteiger partial charge in [-0.3, -0.25) is 9.69 Å². The molecule has 1 aromatic carbocycles. The molecule has 0 amide bonds. The van der Waals surface area contributed by atoms with Crippen molar-refractivity contribution in [2.75, 3.05) is 6.61 Å². The van der Waals surface area contributed by atoms with E-state index in [4.69, 9.17) is 4.74 Å². The summed E-state index contributed by atoms with van der Waals surface area (Å²) in [6.07, 6.45) is 0.613. The molecule has 0 aromatic heterocycles. The molecular formula is C18H26FNO2. The fourth-order valence-electron chi connectivity index (χ4n) is 3.46. The van der Waals surface area contributed by atoms with Crippen molar-refractivity contribution in [2.24, 2.45) is 0 Å². The molecule has 1 heterocycles. The van der Waals surface area contributed by atoms with Crippen LogP contribution in [-0.2, 0) is 9.53 Å². The molecule has 0 saturated carbocycles. The molecule has 3 nitrogen and oxygen atoms in total. The number of rotatable bonds is 5. The minimum Gasteiger partial charge on any atom is -0.465 e. The summed E-state index contributed by atoms with van der Waals surface area (Å²) < 4.78 is 19.3. The van der Waals surface area contributed by atoms with Gasteiger partial charge in [0, 0.05) is 18.5 Å². The molecule has 0 radical (unpaired) electrons. The normalized spacial score (nSPS) is 27.4. The van der Waals surface area contributed by atoms with E-state index in [0.29, 0.717) is 13.0 Å². The molecule has 1 unspecified atom stereocenters. The highest BCUT2D eigenvalue weighted by atomic mass is 19.1. The van der Waals surface area contributed by atoms with E-state index in [-0.39, 0.29) is 24.5 Å². The van der Waals surface area contributed by atoms with Crippen LogP contribution in [0.2, 0.25) is 0 Å². The van der Waals surface area contributed by atoms with Crippen LogP contribution in [-0.4, -0.2) is 35.7 Å². The Morgan fingerprint density at radius 3 is 2.59 bits per heavy atom. The van der Waals surface area contributed by atoms with E-state index in [1.54, 1.807) is 6.92 Å². The lowest BCUT2D eigenvalue weighted by Gasteiger charge is -2.45. The summed E-state index contributed by atoms with van der Waals surface area (Å²) >= 11 is 0. The molecule has 1 saturated heterocycles. The van der Waals surface area contributed by atoms with Crippen LogP contribution in [0.4, 0.5) is 4.39 Å². The number of benzene rings is 1. The third-order valence-electron chi connectivity index (χ3n) is 4.55. The predicted molar refractivity (Wildman–Crippen MR) is 85.3 cm³/mol. The van der Waals surface area contributed by atoms with Gasteiger partial charge in [-0.2, -0.15) is 0 Å². The Bertz CT molecular complexity index is 479. The third kappa shape index (κ3) is 3.67. The maximum Gasteiger partial charge on any atom is 0.323 e. The lowest BCUT2D eigenvalue weighted by molar-refractivity contribution is -0.156. The van der Waals surface area contributed by atoms with Gasteiger partial charge >= 0.3 is 5.97 Å². The number of nitrogens with zero attached hydrogens (tertiary/aromatic N) is 1. The number of hydrogen-bond acceptors (Lipinski definition) is 3. The molecule has 1 aliphatic heterocycles. The summed E-state index contributed by atoms with van der Waals surface area (Å²) in [5, 5.41) is 0. The molecule has 22 heavy (non-hydrogen) atoms. The highest BCUT2D eigenvalue weighted by molar-refractivity contribution is 5.76. The highest BCUT2D eigenvalue weighted by Crippen LogP contribution is 2.35. The van der Waals surface area contributed by atoms with Crippen molar-refractivity contribution < 1.29 is 13.9 Å². The van der Waals surface area contributed by atoms with Crippen LogP contribution >= 0.6 is 0 Å². The van der Waals surface area contributed by atoms with Crippen LogP contribution in [0.15, 0.2) is 30.3 Å². The molecule has 2 rings (SSSR count). The van der Waals surface area contributed by atoms with Gasteiger partial charge in [0.25, 0.3) is 0 Å². The fourth-order valence-corrected chi connectivity index (χ4v) is 3.46. The van der Waals surface area contributed by atoms with Gasteiger partial charge in [-0.05, 0) is 32.3 Å². The first-order valence-corrected chi connectivity index (χ1v) is 8.21. The van der Waals surface area contributed by atoms with E-state index in [1.165, 1.54) is 0 Å². The van der Waals surface area contributed by atoms with Gasteiger partial charge in [-0.25, -0.2) is 4.39 Å². The molecule has 4 heteroatoms. The minimum absolute atomic E-state index is 0.0630. The fraction of sp³-hybridized carbons (Fsp3) is 0.611. The maximum absolute atomic E-state index is 14.1. The summed E-state index contributed by atoms with van der Waals surface area (Å²) in [7, 11) is 0. The summed E-state index contributed by atoms with van der Waals surface area (Å²) in [6.45, 7) is 6.25. The Morgan fingerprint density at radius 2 is 2.00 bits per heavy atom. The third-order valence-corrected chi connectivity index (χ3v) is 4.55. The number of esters is 1. The molecule has 122 valence electrons. The Kier molecular flexibility index (Phi) is 5.95. The number of ether oxygens (including phenoxy) is 1. The van der Waals surface area contributed by atoms with Crippen LogP contribution in [0.5, 0.6) is 0 Å². The molecule has 1 aliphatic rings. The van der Waals surface area contributed by atoms with Gasteiger partial charge in [0.15, 0.2) is 0 Å². The first kappa shape index (κ1) is 16.9. The number of carbonyl (C=O) groups is 1. The van der Waals surface area contributed by atoms with E-state index in [0.717, 1.165) is 12.0 Å². The van der Waals surface area contributed by atoms with Crippen LogP contribution in [0.3, 0.4) is 0 Å². The van der Waals surface area contributed by atoms with Gasteiger partial charge in [0.2, 0.25) is 0 Å². The zero-order valence-corrected chi connectivity index (χ0v) is 13.7. The minimum atomic E-state index is -0.932.